The fraction of sp³-hybridized carbons (Fsp3) is 0.207. The molecular weight excluding hydrogens is 390 g/mol. The fourth-order valence-corrected chi connectivity index (χ4v) is 5.22. The van der Waals surface area contributed by atoms with E-state index in [9.17, 15) is 0 Å². The van der Waals surface area contributed by atoms with Gasteiger partial charge >= 0.3 is 0 Å². The van der Waals surface area contributed by atoms with E-state index in [4.69, 9.17) is 0 Å². The zero-order chi connectivity index (χ0) is 21.7. The van der Waals surface area contributed by atoms with Crippen LogP contribution in [0.25, 0.3) is 21.7 Å². The second-order valence-electron chi connectivity index (χ2n) is 8.97. The van der Waals surface area contributed by atoms with Gasteiger partial charge in [0.25, 0.3) is 0 Å². The molecule has 0 unspecified atom stereocenters. The number of hydrogen-bond acceptors (Lipinski definition) is 2. The molecule has 0 atom stereocenters. The van der Waals surface area contributed by atoms with Gasteiger partial charge in [-0.25, -0.2) is 0 Å². The molecule has 0 fully saturated rings. The lowest BCUT2D eigenvalue weighted by Crippen LogP contribution is -2.30. The van der Waals surface area contributed by atoms with Crippen molar-refractivity contribution in [2.75, 3.05) is 11.4 Å². The topological polar surface area (TPSA) is 21.1 Å². The normalized spacial score (nSPS) is 13.6. The van der Waals surface area contributed by atoms with E-state index in [2.05, 4.69) is 101 Å². The highest BCUT2D eigenvalue weighted by atomic mass is 15.2. The quantitative estimate of drug-likeness (QED) is 0.338. The lowest BCUT2D eigenvalue weighted by atomic mass is 9.99. The summed E-state index contributed by atoms with van der Waals surface area (Å²) in [5.41, 5.74) is 9.43. The summed E-state index contributed by atoms with van der Waals surface area (Å²) in [6, 6.07) is 24.3. The van der Waals surface area contributed by atoms with Gasteiger partial charge in [-0.1, -0.05) is 60.7 Å². The molecule has 0 saturated heterocycles. The van der Waals surface area contributed by atoms with Crippen LogP contribution in [0.15, 0.2) is 79.1 Å². The van der Waals surface area contributed by atoms with Gasteiger partial charge in [0, 0.05) is 36.9 Å². The van der Waals surface area contributed by atoms with Crippen LogP contribution in [0.2, 0.25) is 0 Å². The third-order valence-corrected chi connectivity index (χ3v) is 7.15. The van der Waals surface area contributed by atoms with Crippen LogP contribution in [0.3, 0.4) is 0 Å². The molecule has 0 aliphatic carbocycles. The number of hydrogen-bond donors (Lipinski definition) is 0. The van der Waals surface area contributed by atoms with Gasteiger partial charge in [0.05, 0.1) is 17.4 Å². The standard InChI is InChI=1S/C29H27N3/c1-20-21(2)32(18-22-11-12-23-7-3-5-9-25(23)15-22)29-27(20)16-30-17-28(29)31-14-13-24-8-4-6-10-26(24)19-31/h3-12,15-17H,13-14,18-19H2,1-2H3. The molecule has 1 aliphatic rings. The second kappa shape index (κ2) is 7.52. The van der Waals surface area contributed by atoms with Gasteiger partial charge in [0.1, 0.15) is 0 Å². The maximum absolute atomic E-state index is 4.65. The highest BCUT2D eigenvalue weighted by Crippen LogP contribution is 2.35. The van der Waals surface area contributed by atoms with Crippen molar-refractivity contribution in [1.29, 1.82) is 0 Å². The number of benzene rings is 3. The maximum Gasteiger partial charge on any atom is 0.0803 e. The fourth-order valence-electron chi connectivity index (χ4n) is 5.22. The highest BCUT2D eigenvalue weighted by molar-refractivity contribution is 5.94. The van der Waals surface area contributed by atoms with E-state index < -0.39 is 0 Å². The van der Waals surface area contributed by atoms with Crippen LogP contribution in [0, 0.1) is 13.8 Å². The van der Waals surface area contributed by atoms with Crippen LogP contribution in [0.4, 0.5) is 5.69 Å². The summed E-state index contributed by atoms with van der Waals surface area (Å²) in [5.74, 6) is 0. The van der Waals surface area contributed by atoms with E-state index in [0.717, 1.165) is 26.1 Å². The zero-order valence-corrected chi connectivity index (χ0v) is 18.7. The number of anilines is 1. The van der Waals surface area contributed by atoms with Gasteiger partial charge in [-0.05, 0) is 59.4 Å². The summed E-state index contributed by atoms with van der Waals surface area (Å²) < 4.78 is 2.49. The molecule has 0 amide bonds. The first-order valence-corrected chi connectivity index (χ1v) is 11.4. The van der Waals surface area contributed by atoms with E-state index in [1.165, 1.54) is 55.3 Å². The first kappa shape index (κ1) is 19.1. The van der Waals surface area contributed by atoms with Crippen molar-refractivity contribution in [2.45, 2.75) is 33.4 Å². The Kier molecular flexibility index (Phi) is 4.50. The van der Waals surface area contributed by atoms with Crippen LogP contribution < -0.4 is 4.90 Å². The molecule has 32 heavy (non-hydrogen) atoms. The van der Waals surface area contributed by atoms with Crippen molar-refractivity contribution < 1.29 is 0 Å². The van der Waals surface area contributed by atoms with Crippen molar-refractivity contribution in [2.24, 2.45) is 0 Å². The SMILES string of the molecule is Cc1c(C)n(Cc2ccc3ccccc3c2)c2c(N3CCc4ccccc4C3)cncc12. The molecule has 3 nitrogen and oxygen atoms in total. The number of fused-ring (bicyclic) bond motifs is 3. The number of nitrogens with zero attached hydrogens (tertiary/aromatic N) is 3. The Labute approximate surface area is 188 Å². The van der Waals surface area contributed by atoms with Crippen molar-refractivity contribution in [1.82, 2.24) is 9.55 Å². The van der Waals surface area contributed by atoms with E-state index in [1.54, 1.807) is 0 Å². The Morgan fingerprint density at radius 3 is 2.50 bits per heavy atom. The third kappa shape index (κ3) is 3.08. The molecule has 6 rings (SSSR count). The van der Waals surface area contributed by atoms with Gasteiger partial charge in [0.2, 0.25) is 0 Å². The van der Waals surface area contributed by atoms with E-state index in [-0.39, 0.29) is 0 Å². The first-order valence-electron chi connectivity index (χ1n) is 11.4. The van der Waals surface area contributed by atoms with Gasteiger partial charge in [0.15, 0.2) is 0 Å². The molecule has 3 heterocycles. The average Bonchev–Trinajstić information content (AvgIpc) is 3.08. The third-order valence-electron chi connectivity index (χ3n) is 7.15. The molecule has 5 aromatic rings. The minimum Gasteiger partial charge on any atom is -0.364 e. The molecule has 158 valence electrons. The molecule has 3 aromatic carbocycles. The predicted octanol–water partition coefficient (Wildman–Crippen LogP) is 6.42. The number of rotatable bonds is 3. The van der Waals surface area contributed by atoms with E-state index >= 15 is 0 Å². The Hall–Kier alpha value is -3.59. The van der Waals surface area contributed by atoms with Gasteiger partial charge in [-0.3, -0.25) is 4.98 Å². The first-order chi connectivity index (χ1) is 15.7. The molecule has 0 N–H and O–H groups in total. The Morgan fingerprint density at radius 2 is 1.62 bits per heavy atom. The van der Waals surface area contributed by atoms with Crippen molar-refractivity contribution in [3.63, 3.8) is 0 Å². The molecule has 3 heteroatoms. The minimum atomic E-state index is 0.864. The average molecular weight is 418 g/mol. The van der Waals surface area contributed by atoms with Crippen molar-refractivity contribution in [3.05, 3.63) is 107 Å². The molecule has 0 bridgehead atoms. The lowest BCUT2D eigenvalue weighted by molar-refractivity contribution is 0.726. The Morgan fingerprint density at radius 1 is 0.844 bits per heavy atom. The molecule has 1 aliphatic heterocycles. The summed E-state index contributed by atoms with van der Waals surface area (Å²) in [6.07, 6.45) is 5.18. The summed E-state index contributed by atoms with van der Waals surface area (Å²) in [4.78, 5) is 7.16. The van der Waals surface area contributed by atoms with Gasteiger partial charge in [-0.2, -0.15) is 0 Å². The monoisotopic (exact) mass is 417 g/mol. The van der Waals surface area contributed by atoms with Crippen LogP contribution in [0.1, 0.15) is 27.9 Å². The number of aryl methyl sites for hydroxylation is 1. The van der Waals surface area contributed by atoms with Gasteiger partial charge < -0.3 is 9.47 Å². The Bertz CT molecular complexity index is 1460. The summed E-state index contributed by atoms with van der Waals surface area (Å²) >= 11 is 0. The lowest BCUT2D eigenvalue weighted by Gasteiger charge is -2.31. The second-order valence-corrected chi connectivity index (χ2v) is 8.97. The summed E-state index contributed by atoms with van der Waals surface area (Å²) in [5, 5.41) is 3.85. The predicted molar refractivity (Wildman–Crippen MR) is 133 cm³/mol. The largest absolute Gasteiger partial charge is 0.364 e. The van der Waals surface area contributed by atoms with Crippen LogP contribution in [-0.4, -0.2) is 16.1 Å². The number of aromatic nitrogens is 2. The van der Waals surface area contributed by atoms with Gasteiger partial charge in [-0.15, -0.1) is 0 Å². The molecule has 0 spiro atoms. The summed E-state index contributed by atoms with van der Waals surface area (Å²) in [7, 11) is 0. The molecule has 0 saturated carbocycles. The van der Waals surface area contributed by atoms with Crippen molar-refractivity contribution in [3.8, 4) is 0 Å². The molecular formula is C29H27N3. The minimum absolute atomic E-state index is 0.864. The van der Waals surface area contributed by atoms with Crippen LogP contribution >= 0.6 is 0 Å². The zero-order valence-electron chi connectivity index (χ0n) is 18.7. The summed E-state index contributed by atoms with van der Waals surface area (Å²) in [6.45, 7) is 7.30. The number of pyridine rings is 1. The smallest absolute Gasteiger partial charge is 0.0803 e. The van der Waals surface area contributed by atoms with E-state index in [1.807, 2.05) is 6.20 Å². The molecule has 2 aromatic heterocycles. The van der Waals surface area contributed by atoms with Crippen molar-refractivity contribution >= 4 is 27.4 Å². The highest BCUT2D eigenvalue weighted by Gasteiger charge is 2.22. The van der Waals surface area contributed by atoms with Crippen LogP contribution in [-0.2, 0) is 19.5 Å². The maximum atomic E-state index is 4.65. The molecule has 0 radical (unpaired) electrons. The Balaban J connectivity index is 1.46. The van der Waals surface area contributed by atoms with E-state index in [0.29, 0.717) is 0 Å². The van der Waals surface area contributed by atoms with Crippen LogP contribution in [0.5, 0.6) is 0 Å².